The molecular formula is C24H31N5O. The first-order valence-corrected chi connectivity index (χ1v) is 10.7. The van der Waals surface area contributed by atoms with Crippen LogP contribution in [0, 0.1) is 0 Å². The number of hydrogen-bond donors (Lipinski definition) is 0. The van der Waals surface area contributed by atoms with Gasteiger partial charge in [0.25, 0.3) is 0 Å². The molecule has 3 aromatic rings. The summed E-state index contributed by atoms with van der Waals surface area (Å²) in [6.45, 7) is 8.41. The first-order valence-electron chi connectivity index (χ1n) is 10.7. The zero-order chi connectivity index (χ0) is 21.1. The fourth-order valence-corrected chi connectivity index (χ4v) is 4.39. The molecule has 2 heterocycles. The zero-order valence-electron chi connectivity index (χ0n) is 18.3. The molecule has 0 N–H and O–H groups in total. The Kier molecular flexibility index (Phi) is 5.86. The van der Waals surface area contributed by atoms with Crippen molar-refractivity contribution in [2.24, 2.45) is 0 Å². The molecule has 6 heteroatoms. The van der Waals surface area contributed by atoms with Gasteiger partial charge in [-0.2, -0.15) is 0 Å². The number of tetrazole rings is 1. The Morgan fingerprint density at radius 2 is 1.73 bits per heavy atom. The maximum absolute atomic E-state index is 5.51. The van der Waals surface area contributed by atoms with Crippen LogP contribution >= 0.6 is 0 Å². The highest BCUT2D eigenvalue weighted by atomic mass is 16.5. The molecule has 30 heavy (non-hydrogen) atoms. The molecule has 0 saturated carbocycles. The summed E-state index contributed by atoms with van der Waals surface area (Å²) in [6, 6.07) is 19.1. The van der Waals surface area contributed by atoms with Crippen LogP contribution in [0.1, 0.15) is 62.5 Å². The van der Waals surface area contributed by atoms with E-state index < -0.39 is 0 Å². The Hall–Kier alpha value is -2.73. The topological polar surface area (TPSA) is 56.1 Å². The number of nitrogens with zero attached hydrogens (tertiary/aromatic N) is 5. The van der Waals surface area contributed by atoms with Gasteiger partial charge in [0.1, 0.15) is 5.75 Å². The number of hydrogen-bond acceptors (Lipinski definition) is 5. The predicted molar refractivity (Wildman–Crippen MR) is 118 cm³/mol. The summed E-state index contributed by atoms with van der Waals surface area (Å²) in [6.07, 6.45) is 2.25. The van der Waals surface area contributed by atoms with E-state index in [1.54, 1.807) is 7.11 Å². The van der Waals surface area contributed by atoms with E-state index in [0.717, 1.165) is 43.1 Å². The van der Waals surface area contributed by atoms with Gasteiger partial charge in [-0.15, -0.1) is 5.10 Å². The minimum absolute atomic E-state index is 0.00829. The molecule has 1 saturated heterocycles. The molecule has 6 nitrogen and oxygen atoms in total. The average Bonchev–Trinajstić information content (AvgIpc) is 3.25. The summed E-state index contributed by atoms with van der Waals surface area (Å²) in [5.74, 6) is 2.34. The molecule has 0 bridgehead atoms. The molecular weight excluding hydrogens is 374 g/mol. The van der Waals surface area contributed by atoms with Gasteiger partial charge < -0.3 is 4.74 Å². The normalized spacial score (nSPS) is 17.1. The van der Waals surface area contributed by atoms with E-state index in [0.29, 0.717) is 5.92 Å². The van der Waals surface area contributed by atoms with Crippen LogP contribution in [0.2, 0.25) is 0 Å². The molecule has 0 unspecified atom stereocenters. The van der Waals surface area contributed by atoms with Crippen molar-refractivity contribution in [3.63, 3.8) is 0 Å². The highest BCUT2D eigenvalue weighted by molar-refractivity contribution is 5.34. The maximum atomic E-state index is 5.51. The maximum Gasteiger partial charge on any atom is 0.173 e. The van der Waals surface area contributed by atoms with Crippen LogP contribution in [-0.4, -0.2) is 45.3 Å². The molecule has 0 radical (unpaired) electrons. The monoisotopic (exact) mass is 405 g/mol. The minimum atomic E-state index is -0.196. The molecule has 1 aromatic heterocycles. The van der Waals surface area contributed by atoms with E-state index in [-0.39, 0.29) is 11.6 Å². The van der Waals surface area contributed by atoms with Gasteiger partial charge in [-0.1, -0.05) is 42.5 Å². The number of likely N-dealkylation sites (tertiary alicyclic amines) is 1. The summed E-state index contributed by atoms with van der Waals surface area (Å²) < 4.78 is 7.46. The van der Waals surface area contributed by atoms with Gasteiger partial charge in [-0.25, -0.2) is 4.68 Å². The molecule has 1 aliphatic rings. The lowest BCUT2D eigenvalue weighted by Crippen LogP contribution is -2.39. The first-order chi connectivity index (χ1) is 14.5. The quantitative estimate of drug-likeness (QED) is 0.629. The lowest BCUT2D eigenvalue weighted by molar-refractivity contribution is 0.159. The fraction of sp³-hybridized carbons (Fsp3) is 0.458. The zero-order valence-corrected chi connectivity index (χ0v) is 18.3. The van der Waals surface area contributed by atoms with E-state index in [4.69, 9.17) is 4.74 Å². The second-order valence-corrected chi connectivity index (χ2v) is 9.02. The number of ether oxygens (including phenoxy) is 1. The number of rotatable bonds is 5. The van der Waals surface area contributed by atoms with Crippen LogP contribution in [0.3, 0.4) is 0 Å². The average molecular weight is 406 g/mol. The Bertz CT molecular complexity index is 955. The number of benzene rings is 2. The van der Waals surface area contributed by atoms with Gasteiger partial charge in [-0.05, 0) is 86.3 Å². The largest absolute Gasteiger partial charge is 0.497 e. The van der Waals surface area contributed by atoms with Crippen molar-refractivity contribution in [3.05, 3.63) is 71.5 Å². The molecule has 0 amide bonds. The van der Waals surface area contributed by atoms with Gasteiger partial charge in [0, 0.05) is 0 Å². The third kappa shape index (κ3) is 4.24. The summed E-state index contributed by atoms with van der Waals surface area (Å²) in [4.78, 5) is 2.52. The molecule has 0 aliphatic carbocycles. The second kappa shape index (κ2) is 8.56. The minimum Gasteiger partial charge on any atom is -0.497 e. The van der Waals surface area contributed by atoms with Gasteiger partial charge in [0.05, 0.1) is 18.7 Å². The summed E-state index contributed by atoms with van der Waals surface area (Å²) in [7, 11) is 1.71. The van der Waals surface area contributed by atoms with E-state index in [9.17, 15) is 0 Å². The van der Waals surface area contributed by atoms with Gasteiger partial charge >= 0.3 is 0 Å². The van der Waals surface area contributed by atoms with Crippen molar-refractivity contribution in [2.45, 2.75) is 51.1 Å². The summed E-state index contributed by atoms with van der Waals surface area (Å²) >= 11 is 0. The Morgan fingerprint density at radius 1 is 1.00 bits per heavy atom. The van der Waals surface area contributed by atoms with Gasteiger partial charge in [0.15, 0.2) is 5.82 Å². The smallest absolute Gasteiger partial charge is 0.173 e. The van der Waals surface area contributed by atoms with Crippen LogP contribution in [0.4, 0.5) is 0 Å². The van der Waals surface area contributed by atoms with E-state index >= 15 is 0 Å². The Morgan fingerprint density at radius 3 is 2.40 bits per heavy atom. The lowest BCUT2D eigenvalue weighted by Gasteiger charge is -2.38. The summed E-state index contributed by atoms with van der Waals surface area (Å²) in [5, 5.41) is 12.9. The molecule has 2 aromatic carbocycles. The van der Waals surface area contributed by atoms with E-state index in [2.05, 4.69) is 83.7 Å². The van der Waals surface area contributed by atoms with Crippen molar-refractivity contribution in [1.82, 2.24) is 25.1 Å². The van der Waals surface area contributed by atoms with Gasteiger partial charge in [-0.3, -0.25) is 4.90 Å². The Balaban J connectivity index is 1.66. The lowest BCUT2D eigenvalue weighted by atomic mass is 9.88. The van der Waals surface area contributed by atoms with Crippen molar-refractivity contribution >= 4 is 0 Å². The fourth-order valence-electron chi connectivity index (χ4n) is 4.39. The molecule has 1 atom stereocenters. The SMILES string of the molecule is COc1cccc([C@H](c2nnnn2C(C)(C)C)N2CCC(c3ccccc3)CC2)c1. The Labute approximate surface area is 178 Å². The molecule has 0 spiro atoms. The van der Waals surface area contributed by atoms with Crippen molar-refractivity contribution < 1.29 is 4.74 Å². The third-order valence-electron chi connectivity index (χ3n) is 5.95. The highest BCUT2D eigenvalue weighted by Crippen LogP contribution is 2.36. The van der Waals surface area contributed by atoms with Crippen LogP contribution in [0.15, 0.2) is 54.6 Å². The van der Waals surface area contributed by atoms with Crippen molar-refractivity contribution in [1.29, 1.82) is 0 Å². The molecule has 1 aliphatic heterocycles. The molecule has 4 rings (SSSR count). The highest BCUT2D eigenvalue weighted by Gasteiger charge is 2.34. The standard InChI is InChI=1S/C24H31N5O/c1-24(2,3)29-23(25-26-27-29)22(20-11-8-12-21(17-20)30-4)28-15-13-19(14-16-28)18-9-6-5-7-10-18/h5-12,17,19,22H,13-16H2,1-4H3/t22-/m1/s1. The summed E-state index contributed by atoms with van der Waals surface area (Å²) in [5.41, 5.74) is 2.40. The van der Waals surface area contributed by atoms with Crippen molar-refractivity contribution in [2.75, 3.05) is 20.2 Å². The van der Waals surface area contributed by atoms with Crippen LogP contribution < -0.4 is 4.74 Å². The third-order valence-corrected chi connectivity index (χ3v) is 5.95. The predicted octanol–water partition coefficient (Wildman–Crippen LogP) is 4.41. The van der Waals surface area contributed by atoms with Crippen molar-refractivity contribution in [3.8, 4) is 5.75 Å². The van der Waals surface area contributed by atoms with Crippen LogP contribution in [0.25, 0.3) is 0 Å². The number of methoxy groups -OCH3 is 1. The second-order valence-electron chi connectivity index (χ2n) is 9.02. The number of aromatic nitrogens is 4. The molecule has 158 valence electrons. The number of piperidine rings is 1. The van der Waals surface area contributed by atoms with E-state index in [1.165, 1.54) is 5.56 Å². The van der Waals surface area contributed by atoms with Crippen LogP contribution in [-0.2, 0) is 5.54 Å². The molecule has 1 fully saturated rings. The van der Waals surface area contributed by atoms with Crippen LogP contribution in [0.5, 0.6) is 5.75 Å². The van der Waals surface area contributed by atoms with E-state index in [1.807, 2.05) is 16.8 Å². The van der Waals surface area contributed by atoms with Gasteiger partial charge in [0.2, 0.25) is 0 Å². The first kappa shape index (κ1) is 20.5.